The Kier molecular flexibility index (Phi) is 10.6. The fraction of sp³-hybridized carbons (Fsp3) is 0.355. The molecule has 1 N–H and O–H groups in total. The lowest BCUT2D eigenvalue weighted by atomic mass is 10.0. The van der Waals surface area contributed by atoms with Crippen molar-refractivity contribution in [3.05, 3.63) is 101 Å². The summed E-state index contributed by atoms with van der Waals surface area (Å²) in [6.45, 7) is 8.93. The first-order valence-electron chi connectivity index (χ1n) is 12.8. The Balaban J connectivity index is 1.87. The van der Waals surface area contributed by atoms with Crippen LogP contribution in [0.25, 0.3) is 0 Å². The molecule has 3 rings (SSSR count). The van der Waals surface area contributed by atoms with Crippen LogP contribution < -0.4 is 10.1 Å². The Hall–Kier alpha value is -3.31. The number of amides is 2. The minimum absolute atomic E-state index is 0.176. The van der Waals surface area contributed by atoms with Gasteiger partial charge in [-0.25, -0.2) is 0 Å². The van der Waals surface area contributed by atoms with Crippen molar-refractivity contribution in [3.8, 4) is 5.75 Å². The summed E-state index contributed by atoms with van der Waals surface area (Å²) in [4.78, 5) is 28.7. The van der Waals surface area contributed by atoms with E-state index in [9.17, 15) is 9.59 Å². The Labute approximate surface area is 225 Å². The number of hydrogen-bond donors (Lipinski definition) is 1. The highest BCUT2D eigenvalue weighted by Gasteiger charge is 2.30. The maximum atomic E-state index is 13.6. The number of carbonyl (C=O) groups is 2. The van der Waals surface area contributed by atoms with Gasteiger partial charge in [0.2, 0.25) is 5.91 Å². The van der Waals surface area contributed by atoms with Crippen LogP contribution in [0.4, 0.5) is 0 Å². The predicted molar refractivity (Wildman–Crippen MR) is 150 cm³/mol. The van der Waals surface area contributed by atoms with Gasteiger partial charge in [0.25, 0.3) is 5.91 Å². The lowest BCUT2D eigenvalue weighted by Crippen LogP contribution is -2.52. The zero-order valence-electron chi connectivity index (χ0n) is 22.1. The number of nitrogens with zero attached hydrogens (tertiary/aromatic N) is 1. The summed E-state index contributed by atoms with van der Waals surface area (Å²) in [5, 5.41) is 3.60. The summed E-state index contributed by atoms with van der Waals surface area (Å²) >= 11 is 6.23. The minimum Gasteiger partial charge on any atom is -0.484 e. The first-order chi connectivity index (χ1) is 17.7. The monoisotopic (exact) mass is 520 g/mol. The van der Waals surface area contributed by atoms with Crippen LogP contribution >= 0.6 is 11.6 Å². The van der Waals surface area contributed by atoms with Gasteiger partial charge in [-0.1, -0.05) is 93.9 Å². The van der Waals surface area contributed by atoms with Crippen LogP contribution in [-0.2, 0) is 22.6 Å². The number of nitrogens with one attached hydrogen (secondary N) is 1. The topological polar surface area (TPSA) is 58.6 Å². The predicted octanol–water partition coefficient (Wildman–Crippen LogP) is 6.25. The molecule has 37 heavy (non-hydrogen) atoms. The number of rotatable bonds is 12. The van der Waals surface area contributed by atoms with Gasteiger partial charge in [-0.2, -0.15) is 0 Å². The molecule has 0 fully saturated rings. The van der Waals surface area contributed by atoms with E-state index in [0.717, 1.165) is 11.1 Å². The summed E-state index contributed by atoms with van der Waals surface area (Å²) < 4.78 is 5.87. The first-order valence-corrected chi connectivity index (χ1v) is 13.2. The largest absolute Gasteiger partial charge is 0.484 e. The van der Waals surface area contributed by atoms with Crippen molar-refractivity contribution in [2.75, 3.05) is 13.2 Å². The van der Waals surface area contributed by atoms with Crippen LogP contribution in [0.5, 0.6) is 5.75 Å². The van der Waals surface area contributed by atoms with Gasteiger partial charge in [0.05, 0.1) is 0 Å². The molecule has 0 saturated heterocycles. The molecule has 0 heterocycles. The summed E-state index contributed by atoms with van der Waals surface area (Å²) in [5.74, 6) is 0.856. The van der Waals surface area contributed by atoms with Gasteiger partial charge >= 0.3 is 0 Å². The van der Waals surface area contributed by atoms with Gasteiger partial charge in [0.15, 0.2) is 6.61 Å². The zero-order chi connectivity index (χ0) is 26.8. The number of carbonyl (C=O) groups excluding carboxylic acids is 2. The van der Waals surface area contributed by atoms with Crippen molar-refractivity contribution in [1.29, 1.82) is 0 Å². The summed E-state index contributed by atoms with van der Waals surface area (Å²) in [7, 11) is 0. The average molecular weight is 521 g/mol. The van der Waals surface area contributed by atoms with Crippen LogP contribution in [0.2, 0.25) is 5.02 Å². The van der Waals surface area contributed by atoms with Crippen molar-refractivity contribution in [2.24, 2.45) is 5.92 Å². The molecular formula is C31H37ClN2O3. The van der Waals surface area contributed by atoms with Gasteiger partial charge in [0.1, 0.15) is 11.8 Å². The molecule has 5 nitrogen and oxygen atoms in total. The molecule has 3 aromatic carbocycles. The SMILES string of the molecule is CC(C)CNC(=O)C(Cc1ccccc1)N(Cc1cccc(Cl)c1)C(=O)COc1ccc(C(C)C)cc1. The van der Waals surface area contributed by atoms with Crippen molar-refractivity contribution in [2.45, 2.75) is 52.6 Å². The Morgan fingerprint density at radius 1 is 0.892 bits per heavy atom. The van der Waals surface area contributed by atoms with E-state index in [4.69, 9.17) is 16.3 Å². The number of benzene rings is 3. The maximum Gasteiger partial charge on any atom is 0.261 e. The molecule has 3 aromatic rings. The highest BCUT2D eigenvalue weighted by atomic mass is 35.5. The standard InChI is InChI=1S/C31H37ClN2O3/c1-22(2)19-33-31(36)29(18-24-9-6-5-7-10-24)34(20-25-11-8-12-27(32)17-25)30(35)21-37-28-15-13-26(14-16-28)23(3)4/h5-17,22-23,29H,18-21H2,1-4H3,(H,33,36). The highest BCUT2D eigenvalue weighted by molar-refractivity contribution is 6.30. The van der Waals surface area contributed by atoms with Crippen molar-refractivity contribution in [1.82, 2.24) is 10.2 Å². The fourth-order valence-electron chi connectivity index (χ4n) is 3.99. The molecule has 0 spiro atoms. The molecule has 0 aliphatic heterocycles. The van der Waals surface area contributed by atoms with Crippen LogP contribution in [-0.4, -0.2) is 35.9 Å². The smallest absolute Gasteiger partial charge is 0.261 e. The second kappa shape index (κ2) is 13.8. The second-order valence-electron chi connectivity index (χ2n) is 10.0. The third-order valence-corrected chi connectivity index (χ3v) is 6.34. The van der Waals surface area contributed by atoms with Crippen LogP contribution in [0.1, 0.15) is 50.3 Å². The van der Waals surface area contributed by atoms with Gasteiger partial charge in [-0.3, -0.25) is 9.59 Å². The molecule has 0 aromatic heterocycles. The van der Waals surface area contributed by atoms with E-state index in [1.165, 1.54) is 5.56 Å². The molecule has 1 atom stereocenters. The third-order valence-electron chi connectivity index (χ3n) is 6.11. The normalized spacial score (nSPS) is 11.9. The van der Waals surface area contributed by atoms with Gasteiger partial charge in [-0.05, 0) is 52.8 Å². The molecular weight excluding hydrogens is 484 g/mol. The molecule has 0 aliphatic rings. The fourth-order valence-corrected chi connectivity index (χ4v) is 4.20. The van der Waals surface area contributed by atoms with E-state index in [-0.39, 0.29) is 30.9 Å². The molecule has 6 heteroatoms. The molecule has 0 bridgehead atoms. The Morgan fingerprint density at radius 2 is 1.57 bits per heavy atom. The third kappa shape index (κ3) is 8.94. The Bertz CT molecular complexity index is 1150. The van der Waals surface area contributed by atoms with Crippen molar-refractivity contribution < 1.29 is 14.3 Å². The average Bonchev–Trinajstić information content (AvgIpc) is 2.88. The van der Waals surface area contributed by atoms with Crippen molar-refractivity contribution in [3.63, 3.8) is 0 Å². The quantitative estimate of drug-likeness (QED) is 0.307. The summed E-state index contributed by atoms with van der Waals surface area (Å²) in [6.07, 6.45) is 0.389. The summed E-state index contributed by atoms with van der Waals surface area (Å²) in [6, 6.07) is 24.2. The minimum atomic E-state index is -0.709. The zero-order valence-corrected chi connectivity index (χ0v) is 22.9. The molecule has 0 radical (unpaired) electrons. The first kappa shape index (κ1) is 28.3. The molecule has 1 unspecified atom stereocenters. The van der Waals surface area contributed by atoms with E-state index in [0.29, 0.717) is 29.7 Å². The molecule has 2 amide bonds. The number of hydrogen-bond acceptors (Lipinski definition) is 3. The maximum absolute atomic E-state index is 13.6. The Morgan fingerprint density at radius 3 is 2.19 bits per heavy atom. The highest BCUT2D eigenvalue weighted by Crippen LogP contribution is 2.20. The van der Waals surface area contributed by atoms with E-state index in [1.807, 2.05) is 86.6 Å². The second-order valence-corrected chi connectivity index (χ2v) is 10.4. The van der Waals surface area contributed by atoms with Gasteiger partial charge in [-0.15, -0.1) is 0 Å². The van der Waals surface area contributed by atoms with Crippen LogP contribution in [0.3, 0.4) is 0 Å². The van der Waals surface area contributed by atoms with Crippen LogP contribution in [0, 0.1) is 5.92 Å². The molecule has 0 saturated carbocycles. The molecule has 0 aliphatic carbocycles. The van der Waals surface area contributed by atoms with Crippen LogP contribution in [0.15, 0.2) is 78.9 Å². The lowest BCUT2D eigenvalue weighted by Gasteiger charge is -2.31. The van der Waals surface area contributed by atoms with E-state index >= 15 is 0 Å². The van der Waals surface area contributed by atoms with E-state index in [2.05, 4.69) is 19.2 Å². The lowest BCUT2D eigenvalue weighted by molar-refractivity contribution is -0.142. The van der Waals surface area contributed by atoms with E-state index in [1.54, 1.807) is 11.0 Å². The van der Waals surface area contributed by atoms with Gasteiger partial charge < -0.3 is 15.0 Å². The molecule has 196 valence electrons. The number of ether oxygens (including phenoxy) is 1. The van der Waals surface area contributed by atoms with E-state index < -0.39 is 6.04 Å². The number of halogens is 1. The summed E-state index contributed by atoms with van der Waals surface area (Å²) in [5.41, 5.74) is 3.02. The van der Waals surface area contributed by atoms with Gasteiger partial charge in [0, 0.05) is 24.5 Å². The van der Waals surface area contributed by atoms with Crippen molar-refractivity contribution >= 4 is 23.4 Å².